The van der Waals surface area contributed by atoms with Crippen LogP contribution >= 0.6 is 0 Å². The molecule has 3 N–H and O–H groups in total. The minimum atomic E-state index is -3.55. The van der Waals surface area contributed by atoms with Crippen molar-refractivity contribution >= 4 is 15.7 Å². The van der Waals surface area contributed by atoms with E-state index in [2.05, 4.69) is 11.3 Å². The minimum Gasteiger partial charge on any atom is -0.399 e. The number of aryl methyl sites for hydroxylation is 1. The van der Waals surface area contributed by atoms with E-state index in [1.165, 1.54) is 12.1 Å². The first-order valence-electron chi connectivity index (χ1n) is 5.29. The van der Waals surface area contributed by atoms with E-state index in [-0.39, 0.29) is 10.9 Å². The number of nitrogen functional groups attached to an aromatic ring is 1. The van der Waals surface area contributed by atoms with Gasteiger partial charge in [-0.25, -0.2) is 13.1 Å². The predicted octanol–water partition coefficient (Wildman–Crippen LogP) is 1.74. The molecule has 1 rings (SSSR count). The van der Waals surface area contributed by atoms with Gasteiger partial charge in [0, 0.05) is 11.7 Å². The van der Waals surface area contributed by atoms with E-state index < -0.39 is 10.0 Å². The highest BCUT2D eigenvalue weighted by Crippen LogP contribution is 2.22. The lowest BCUT2D eigenvalue weighted by molar-refractivity contribution is 0.575. The molecule has 4 nitrogen and oxygen atoms in total. The first kappa shape index (κ1) is 13.7. The Morgan fingerprint density at radius 1 is 1.41 bits per heavy atom. The Kier molecular flexibility index (Phi) is 3.95. The fourth-order valence-corrected chi connectivity index (χ4v) is 3.06. The van der Waals surface area contributed by atoms with Crippen LogP contribution in [0.25, 0.3) is 0 Å². The molecule has 0 bridgehead atoms. The van der Waals surface area contributed by atoms with Gasteiger partial charge in [0.1, 0.15) is 0 Å². The van der Waals surface area contributed by atoms with Gasteiger partial charge in [-0.3, -0.25) is 0 Å². The monoisotopic (exact) mass is 254 g/mol. The van der Waals surface area contributed by atoms with Gasteiger partial charge in [0.25, 0.3) is 0 Å². The van der Waals surface area contributed by atoms with E-state index in [0.717, 1.165) is 5.56 Å². The van der Waals surface area contributed by atoms with Gasteiger partial charge < -0.3 is 5.73 Å². The van der Waals surface area contributed by atoms with Gasteiger partial charge in [0.2, 0.25) is 10.0 Å². The van der Waals surface area contributed by atoms with Crippen molar-refractivity contribution < 1.29 is 8.42 Å². The SMILES string of the molecule is C=CC(C)NS(=O)(=O)c1cc(N)cc(C)c1C. The number of benzene rings is 1. The maximum Gasteiger partial charge on any atom is 0.241 e. The maximum atomic E-state index is 12.1. The van der Waals surface area contributed by atoms with Crippen molar-refractivity contribution in [2.24, 2.45) is 0 Å². The van der Waals surface area contributed by atoms with Gasteiger partial charge in [0.05, 0.1) is 4.90 Å². The van der Waals surface area contributed by atoms with Crippen LogP contribution < -0.4 is 10.5 Å². The van der Waals surface area contributed by atoms with E-state index in [0.29, 0.717) is 11.3 Å². The first-order valence-corrected chi connectivity index (χ1v) is 6.78. The lowest BCUT2D eigenvalue weighted by Crippen LogP contribution is -2.31. The van der Waals surface area contributed by atoms with Crippen LogP contribution in [0, 0.1) is 13.8 Å². The van der Waals surface area contributed by atoms with Gasteiger partial charge >= 0.3 is 0 Å². The molecule has 0 heterocycles. The zero-order valence-electron chi connectivity index (χ0n) is 10.3. The molecule has 1 atom stereocenters. The summed E-state index contributed by atoms with van der Waals surface area (Å²) in [5.74, 6) is 0. The third-order valence-electron chi connectivity index (χ3n) is 2.63. The van der Waals surface area contributed by atoms with Crippen LogP contribution in [0.4, 0.5) is 5.69 Å². The summed E-state index contributed by atoms with van der Waals surface area (Å²) in [4.78, 5) is 0.226. The molecule has 0 aliphatic heterocycles. The summed E-state index contributed by atoms with van der Waals surface area (Å²) in [5.41, 5.74) is 7.69. The summed E-state index contributed by atoms with van der Waals surface area (Å²) in [6.07, 6.45) is 1.53. The Bertz CT molecular complexity index is 536. The lowest BCUT2D eigenvalue weighted by atomic mass is 10.1. The molecule has 1 aromatic carbocycles. The highest BCUT2D eigenvalue weighted by Gasteiger charge is 2.19. The quantitative estimate of drug-likeness (QED) is 0.635. The molecule has 17 heavy (non-hydrogen) atoms. The molecule has 1 unspecified atom stereocenters. The van der Waals surface area contributed by atoms with E-state index in [4.69, 9.17) is 5.73 Å². The topological polar surface area (TPSA) is 72.2 Å². The zero-order valence-corrected chi connectivity index (χ0v) is 11.1. The molecule has 94 valence electrons. The normalized spacial score (nSPS) is 13.4. The van der Waals surface area contributed by atoms with Gasteiger partial charge in [-0.2, -0.15) is 0 Å². The predicted molar refractivity (Wildman–Crippen MR) is 70.3 cm³/mol. The van der Waals surface area contributed by atoms with Gasteiger partial charge in [-0.15, -0.1) is 6.58 Å². The van der Waals surface area contributed by atoms with Crippen molar-refractivity contribution in [2.75, 3.05) is 5.73 Å². The van der Waals surface area contributed by atoms with Crippen molar-refractivity contribution in [2.45, 2.75) is 31.7 Å². The molecular weight excluding hydrogens is 236 g/mol. The number of hydrogen-bond acceptors (Lipinski definition) is 3. The van der Waals surface area contributed by atoms with E-state index in [9.17, 15) is 8.42 Å². The third kappa shape index (κ3) is 3.08. The number of rotatable bonds is 4. The van der Waals surface area contributed by atoms with E-state index in [1.807, 2.05) is 6.92 Å². The van der Waals surface area contributed by atoms with Crippen LogP contribution in [0.3, 0.4) is 0 Å². The molecule has 0 aliphatic carbocycles. The Hall–Kier alpha value is -1.33. The third-order valence-corrected chi connectivity index (χ3v) is 4.31. The molecular formula is C12H18N2O2S. The Morgan fingerprint density at radius 3 is 2.53 bits per heavy atom. The number of nitrogens with two attached hydrogens (primary N) is 1. The summed E-state index contributed by atoms with van der Waals surface area (Å²) < 4.78 is 26.7. The molecule has 0 aliphatic rings. The number of anilines is 1. The summed E-state index contributed by atoms with van der Waals surface area (Å²) in [7, 11) is -3.55. The first-order chi connectivity index (χ1) is 7.77. The molecule has 0 spiro atoms. The summed E-state index contributed by atoms with van der Waals surface area (Å²) in [5, 5.41) is 0. The molecule has 0 radical (unpaired) electrons. The van der Waals surface area contributed by atoms with Crippen LogP contribution in [0.2, 0.25) is 0 Å². The standard InChI is InChI=1S/C12H18N2O2S/c1-5-9(3)14-17(15,16)12-7-11(13)6-8(2)10(12)4/h5-7,9,14H,1,13H2,2-4H3. The Balaban J connectivity index is 3.29. The zero-order chi connectivity index (χ0) is 13.2. The fraction of sp³-hybridized carbons (Fsp3) is 0.333. The average molecular weight is 254 g/mol. The minimum absolute atomic E-state index is 0.226. The molecule has 0 fully saturated rings. The molecule has 0 saturated heterocycles. The van der Waals surface area contributed by atoms with Crippen LogP contribution in [-0.2, 0) is 10.0 Å². The fourth-order valence-electron chi connectivity index (χ4n) is 1.49. The molecule has 0 saturated carbocycles. The summed E-state index contributed by atoms with van der Waals surface area (Å²) in [6.45, 7) is 8.87. The molecule has 1 aromatic rings. The van der Waals surface area contributed by atoms with Crippen LogP contribution in [0.1, 0.15) is 18.1 Å². The number of nitrogens with one attached hydrogen (secondary N) is 1. The van der Waals surface area contributed by atoms with Gasteiger partial charge in [0.15, 0.2) is 0 Å². The lowest BCUT2D eigenvalue weighted by Gasteiger charge is -2.14. The highest BCUT2D eigenvalue weighted by atomic mass is 32.2. The van der Waals surface area contributed by atoms with Crippen LogP contribution in [0.5, 0.6) is 0 Å². The maximum absolute atomic E-state index is 12.1. The van der Waals surface area contributed by atoms with Crippen molar-refractivity contribution in [3.8, 4) is 0 Å². The van der Waals surface area contributed by atoms with E-state index >= 15 is 0 Å². The highest BCUT2D eigenvalue weighted by molar-refractivity contribution is 7.89. The Labute approximate surface area is 103 Å². The largest absolute Gasteiger partial charge is 0.399 e. The number of sulfonamides is 1. The second-order valence-electron chi connectivity index (χ2n) is 4.11. The van der Waals surface area contributed by atoms with Gasteiger partial charge in [-0.1, -0.05) is 6.08 Å². The van der Waals surface area contributed by atoms with E-state index in [1.54, 1.807) is 19.9 Å². The molecule has 0 amide bonds. The summed E-state index contributed by atoms with van der Waals surface area (Å²) in [6, 6.07) is 2.91. The van der Waals surface area contributed by atoms with Crippen molar-refractivity contribution in [1.82, 2.24) is 4.72 Å². The summed E-state index contributed by atoms with van der Waals surface area (Å²) >= 11 is 0. The smallest absolute Gasteiger partial charge is 0.241 e. The second kappa shape index (κ2) is 4.89. The van der Waals surface area contributed by atoms with Crippen molar-refractivity contribution in [3.05, 3.63) is 35.9 Å². The Morgan fingerprint density at radius 2 is 2.00 bits per heavy atom. The average Bonchev–Trinajstić information content (AvgIpc) is 2.22. The van der Waals surface area contributed by atoms with Crippen LogP contribution in [0.15, 0.2) is 29.7 Å². The van der Waals surface area contributed by atoms with Crippen molar-refractivity contribution in [1.29, 1.82) is 0 Å². The van der Waals surface area contributed by atoms with Crippen LogP contribution in [-0.4, -0.2) is 14.5 Å². The molecule has 5 heteroatoms. The van der Waals surface area contributed by atoms with Crippen molar-refractivity contribution in [3.63, 3.8) is 0 Å². The molecule has 0 aromatic heterocycles. The number of hydrogen-bond donors (Lipinski definition) is 2. The second-order valence-corrected chi connectivity index (χ2v) is 5.79. The van der Waals surface area contributed by atoms with Gasteiger partial charge in [-0.05, 0) is 44.0 Å².